The summed E-state index contributed by atoms with van der Waals surface area (Å²) in [5.74, 6) is 0.762. The van der Waals surface area contributed by atoms with E-state index in [-0.39, 0.29) is 18.8 Å². The number of nitrogens with one attached hydrogen (secondary N) is 2. The molecule has 164 valence electrons. The monoisotopic (exact) mass is 426 g/mol. The van der Waals surface area contributed by atoms with E-state index < -0.39 is 11.8 Å². The third-order valence-electron chi connectivity index (χ3n) is 5.84. The lowest BCUT2D eigenvalue weighted by Crippen LogP contribution is -2.48. The molecule has 0 unspecified atom stereocenters. The standard InChI is InChI=1S/C23H26N2O6/c1-28-18-5-3-17(4-6-18)23(8-10-29-11-9-23)14-25-22(27)21(26)24-13-16-2-7-19-20(12-16)31-15-30-19/h2-7,12H,8-11,13-15H2,1H3,(H,24,26)(H,25,27). The minimum absolute atomic E-state index is 0.189. The molecule has 1 fully saturated rings. The molecule has 2 amide bonds. The molecule has 8 heteroatoms. The second-order valence-electron chi connectivity index (χ2n) is 7.67. The first kappa shape index (κ1) is 21.0. The lowest BCUT2D eigenvalue weighted by molar-refractivity contribution is -0.139. The smallest absolute Gasteiger partial charge is 0.309 e. The van der Waals surface area contributed by atoms with Crippen molar-refractivity contribution in [3.8, 4) is 17.2 Å². The molecule has 0 aromatic heterocycles. The van der Waals surface area contributed by atoms with Crippen LogP contribution in [0.1, 0.15) is 24.0 Å². The van der Waals surface area contributed by atoms with Crippen LogP contribution in [0.3, 0.4) is 0 Å². The molecule has 1 saturated heterocycles. The van der Waals surface area contributed by atoms with Gasteiger partial charge >= 0.3 is 11.8 Å². The van der Waals surface area contributed by atoms with Gasteiger partial charge in [-0.15, -0.1) is 0 Å². The van der Waals surface area contributed by atoms with Gasteiger partial charge in [0.15, 0.2) is 11.5 Å². The predicted octanol–water partition coefficient (Wildman–Crippen LogP) is 1.90. The Morgan fingerprint density at radius 2 is 1.68 bits per heavy atom. The van der Waals surface area contributed by atoms with E-state index in [4.69, 9.17) is 18.9 Å². The molecule has 0 saturated carbocycles. The molecule has 0 spiro atoms. The first-order valence-corrected chi connectivity index (χ1v) is 10.3. The fourth-order valence-electron chi connectivity index (χ4n) is 3.92. The van der Waals surface area contributed by atoms with Crippen molar-refractivity contribution in [1.82, 2.24) is 10.6 Å². The van der Waals surface area contributed by atoms with Crippen molar-refractivity contribution in [1.29, 1.82) is 0 Å². The fraction of sp³-hybridized carbons (Fsp3) is 0.391. The largest absolute Gasteiger partial charge is 0.497 e. The van der Waals surface area contributed by atoms with E-state index in [9.17, 15) is 9.59 Å². The molecular formula is C23H26N2O6. The van der Waals surface area contributed by atoms with Crippen LogP contribution in [0.25, 0.3) is 0 Å². The lowest BCUT2D eigenvalue weighted by atomic mass is 9.74. The van der Waals surface area contributed by atoms with Gasteiger partial charge in [-0.1, -0.05) is 18.2 Å². The molecule has 4 rings (SSSR count). The van der Waals surface area contributed by atoms with Gasteiger partial charge in [-0.2, -0.15) is 0 Å². The van der Waals surface area contributed by atoms with Gasteiger partial charge < -0.3 is 29.6 Å². The Morgan fingerprint density at radius 3 is 2.42 bits per heavy atom. The third kappa shape index (κ3) is 4.74. The van der Waals surface area contributed by atoms with Crippen molar-refractivity contribution in [3.05, 3.63) is 53.6 Å². The van der Waals surface area contributed by atoms with Crippen LogP contribution in [0.2, 0.25) is 0 Å². The number of hydrogen-bond donors (Lipinski definition) is 2. The number of carbonyl (C=O) groups excluding carboxylic acids is 2. The van der Waals surface area contributed by atoms with E-state index in [1.807, 2.05) is 30.3 Å². The van der Waals surface area contributed by atoms with Crippen LogP contribution in [-0.4, -0.2) is 45.5 Å². The van der Waals surface area contributed by atoms with Crippen LogP contribution >= 0.6 is 0 Å². The fourth-order valence-corrected chi connectivity index (χ4v) is 3.92. The molecule has 0 atom stereocenters. The van der Waals surface area contributed by atoms with Crippen LogP contribution in [0.15, 0.2) is 42.5 Å². The van der Waals surface area contributed by atoms with Crippen LogP contribution in [0.4, 0.5) is 0 Å². The SMILES string of the molecule is COc1ccc(C2(CNC(=O)C(=O)NCc3ccc4c(c3)OCO4)CCOCC2)cc1. The van der Waals surface area contributed by atoms with Crippen molar-refractivity contribution in [2.45, 2.75) is 24.8 Å². The number of methoxy groups -OCH3 is 1. The molecule has 2 heterocycles. The van der Waals surface area contributed by atoms with Crippen molar-refractivity contribution in [3.63, 3.8) is 0 Å². The van der Waals surface area contributed by atoms with Gasteiger partial charge in [-0.3, -0.25) is 9.59 Å². The van der Waals surface area contributed by atoms with Crippen molar-refractivity contribution in [2.24, 2.45) is 0 Å². The number of hydrogen-bond acceptors (Lipinski definition) is 6. The van der Waals surface area contributed by atoms with E-state index in [2.05, 4.69) is 10.6 Å². The number of amides is 2. The number of benzene rings is 2. The van der Waals surface area contributed by atoms with Gasteiger partial charge in [0.2, 0.25) is 6.79 Å². The summed E-state index contributed by atoms with van der Waals surface area (Å²) in [5.41, 5.74) is 1.64. The summed E-state index contributed by atoms with van der Waals surface area (Å²) in [6.07, 6.45) is 1.52. The van der Waals surface area contributed by atoms with E-state index in [0.29, 0.717) is 31.3 Å². The summed E-state index contributed by atoms with van der Waals surface area (Å²) in [6.45, 7) is 1.99. The minimum atomic E-state index is -0.672. The normalized spacial score (nSPS) is 16.4. The summed E-state index contributed by atoms with van der Waals surface area (Å²) in [7, 11) is 1.63. The molecule has 2 aliphatic rings. The Morgan fingerprint density at radius 1 is 0.968 bits per heavy atom. The zero-order chi connectivity index (χ0) is 21.7. The van der Waals surface area contributed by atoms with Crippen LogP contribution < -0.4 is 24.8 Å². The molecule has 0 radical (unpaired) electrons. The topological polar surface area (TPSA) is 95.1 Å². The van der Waals surface area contributed by atoms with E-state index in [0.717, 1.165) is 29.7 Å². The molecule has 8 nitrogen and oxygen atoms in total. The van der Waals surface area contributed by atoms with Gasteiger partial charge in [0.25, 0.3) is 0 Å². The van der Waals surface area contributed by atoms with Crippen molar-refractivity contribution < 1.29 is 28.5 Å². The van der Waals surface area contributed by atoms with Crippen molar-refractivity contribution in [2.75, 3.05) is 33.7 Å². The second-order valence-corrected chi connectivity index (χ2v) is 7.67. The zero-order valence-electron chi connectivity index (χ0n) is 17.4. The van der Waals surface area contributed by atoms with E-state index >= 15 is 0 Å². The first-order chi connectivity index (χ1) is 15.1. The second kappa shape index (κ2) is 9.26. The van der Waals surface area contributed by atoms with Crippen LogP contribution in [-0.2, 0) is 26.3 Å². The molecule has 2 aromatic rings. The van der Waals surface area contributed by atoms with E-state index in [1.54, 1.807) is 19.2 Å². The van der Waals surface area contributed by atoms with Crippen molar-refractivity contribution >= 4 is 11.8 Å². The summed E-state index contributed by atoms with van der Waals surface area (Å²) in [6, 6.07) is 13.2. The third-order valence-corrected chi connectivity index (χ3v) is 5.84. The maximum Gasteiger partial charge on any atom is 0.309 e. The maximum atomic E-state index is 12.4. The lowest BCUT2D eigenvalue weighted by Gasteiger charge is -2.38. The summed E-state index contributed by atoms with van der Waals surface area (Å²) in [5, 5.41) is 5.47. The van der Waals surface area contributed by atoms with Gasteiger partial charge in [0.05, 0.1) is 7.11 Å². The molecule has 31 heavy (non-hydrogen) atoms. The highest BCUT2D eigenvalue weighted by Crippen LogP contribution is 2.35. The Balaban J connectivity index is 1.35. The van der Waals surface area contributed by atoms with Crippen LogP contribution in [0.5, 0.6) is 17.2 Å². The van der Waals surface area contributed by atoms with Gasteiger partial charge in [0, 0.05) is 31.7 Å². The highest BCUT2D eigenvalue weighted by molar-refractivity contribution is 6.35. The number of ether oxygens (including phenoxy) is 4. The Labute approximate surface area is 180 Å². The Hall–Kier alpha value is -3.26. The maximum absolute atomic E-state index is 12.4. The number of carbonyl (C=O) groups is 2. The van der Waals surface area contributed by atoms with E-state index in [1.165, 1.54) is 0 Å². The molecule has 0 bridgehead atoms. The number of rotatable bonds is 6. The quantitative estimate of drug-likeness (QED) is 0.686. The van der Waals surface area contributed by atoms with Gasteiger partial charge in [-0.25, -0.2) is 0 Å². The molecular weight excluding hydrogens is 400 g/mol. The minimum Gasteiger partial charge on any atom is -0.497 e. The zero-order valence-corrected chi connectivity index (χ0v) is 17.4. The average Bonchev–Trinajstić information content (AvgIpc) is 3.29. The number of fused-ring (bicyclic) bond motifs is 1. The molecule has 2 N–H and O–H groups in total. The highest BCUT2D eigenvalue weighted by atomic mass is 16.7. The van der Waals surface area contributed by atoms with Gasteiger partial charge in [0.1, 0.15) is 5.75 Å². The molecule has 0 aliphatic carbocycles. The average molecular weight is 426 g/mol. The molecule has 2 aliphatic heterocycles. The molecule has 2 aromatic carbocycles. The summed E-state index contributed by atoms with van der Waals surface area (Å²) >= 11 is 0. The highest BCUT2D eigenvalue weighted by Gasteiger charge is 2.35. The Kier molecular flexibility index (Phi) is 6.27. The predicted molar refractivity (Wildman–Crippen MR) is 112 cm³/mol. The summed E-state index contributed by atoms with van der Waals surface area (Å²) in [4.78, 5) is 24.8. The van der Waals surface area contributed by atoms with Crippen LogP contribution in [0, 0.1) is 0 Å². The summed E-state index contributed by atoms with van der Waals surface area (Å²) < 4.78 is 21.4. The van der Waals surface area contributed by atoms with Gasteiger partial charge in [-0.05, 0) is 48.2 Å². The Bertz CT molecular complexity index is 938. The first-order valence-electron chi connectivity index (χ1n) is 10.3.